The molecule has 0 saturated carbocycles. The summed E-state index contributed by atoms with van der Waals surface area (Å²) in [5.41, 5.74) is 9.87. The van der Waals surface area contributed by atoms with Gasteiger partial charge in [0.25, 0.3) is 0 Å². The number of fused-ring (bicyclic) bond motifs is 4. The van der Waals surface area contributed by atoms with E-state index in [2.05, 4.69) is 84.9 Å². The Morgan fingerprint density at radius 3 is 1.36 bits per heavy atom. The van der Waals surface area contributed by atoms with Crippen molar-refractivity contribution in [3.63, 3.8) is 0 Å². The van der Waals surface area contributed by atoms with E-state index in [1.807, 2.05) is 0 Å². The van der Waals surface area contributed by atoms with Crippen LogP contribution in [-0.2, 0) is 26.6 Å². The maximum absolute atomic E-state index is 2.59. The van der Waals surface area contributed by atoms with Crippen LogP contribution in [0.25, 0.3) is 33.7 Å². The third kappa shape index (κ3) is 2.70. The molecular weight excluding hydrogens is 479 g/mol. The standard InChI is InChI=1S/C30H22.2ClH.Ti/c1-3-7-21-17-29-25(13-19(21)5-1)15-23-9-12-28-24(10-11-27(23)29)16-26-14-20-6-2-4-8-22(20)18-30(26)28;;;/h1-8,13-18H,9-12H2;2*1H;/q;;;+2/p-2. The molecule has 2 saturated heterocycles. The van der Waals surface area contributed by atoms with Crippen LogP contribution < -0.4 is 24.8 Å². The van der Waals surface area contributed by atoms with Crippen molar-refractivity contribution in [3.8, 4) is 0 Å². The first kappa shape index (κ1) is 21.7. The molecule has 2 fully saturated rings. The maximum Gasteiger partial charge on any atom is -1.00 e. The van der Waals surface area contributed by atoms with Crippen LogP contribution in [0.4, 0.5) is 0 Å². The summed E-state index contributed by atoms with van der Waals surface area (Å²) in [7, 11) is 0. The van der Waals surface area contributed by atoms with E-state index in [-0.39, 0.29) is 44.0 Å². The van der Waals surface area contributed by atoms with Gasteiger partial charge in [-0.25, -0.2) is 0 Å². The third-order valence-electron chi connectivity index (χ3n) is 8.48. The van der Waals surface area contributed by atoms with Crippen molar-refractivity contribution in [2.75, 3.05) is 0 Å². The summed E-state index contributed by atoms with van der Waals surface area (Å²) in [6.45, 7) is 0. The molecule has 33 heavy (non-hydrogen) atoms. The SMILES string of the molecule is C1=C2CC[C]34[Ti+2][C]2(CCC3=Cc2cc3ccccc3cc24)c2cc3ccccc3cc21.[Cl-].[Cl-]. The van der Waals surface area contributed by atoms with E-state index in [0.29, 0.717) is 7.44 Å². The van der Waals surface area contributed by atoms with Gasteiger partial charge in [0.1, 0.15) is 0 Å². The zero-order valence-electron chi connectivity index (χ0n) is 18.2. The molecule has 4 aromatic carbocycles. The van der Waals surface area contributed by atoms with Gasteiger partial charge in [-0.05, 0) is 0 Å². The molecule has 160 valence electrons. The van der Waals surface area contributed by atoms with Gasteiger partial charge < -0.3 is 24.8 Å². The first-order valence-corrected chi connectivity index (χ1v) is 13.1. The van der Waals surface area contributed by atoms with Crippen LogP contribution >= 0.6 is 0 Å². The fourth-order valence-electron chi connectivity index (χ4n) is 7.05. The van der Waals surface area contributed by atoms with Gasteiger partial charge in [0.15, 0.2) is 0 Å². The fourth-order valence-corrected chi connectivity index (χ4v) is 11.2. The molecule has 2 spiro atoms. The number of hydrogen-bond donors (Lipinski definition) is 0. The average molecular weight is 501 g/mol. The molecule has 8 rings (SSSR count). The van der Waals surface area contributed by atoms with Crippen molar-refractivity contribution in [1.82, 2.24) is 0 Å². The topological polar surface area (TPSA) is 0 Å². The van der Waals surface area contributed by atoms with E-state index >= 15 is 0 Å². The Morgan fingerprint density at radius 1 is 0.545 bits per heavy atom. The predicted octanol–water partition coefficient (Wildman–Crippen LogP) is 1.56. The number of benzene rings is 4. The van der Waals surface area contributed by atoms with E-state index in [1.54, 1.807) is 22.3 Å². The molecule has 4 aromatic rings. The number of rotatable bonds is 0. The van der Waals surface area contributed by atoms with E-state index in [1.165, 1.54) is 58.4 Å². The molecule has 2 aliphatic heterocycles. The van der Waals surface area contributed by atoms with Crippen molar-refractivity contribution in [2.24, 2.45) is 0 Å². The predicted molar refractivity (Wildman–Crippen MR) is 126 cm³/mol. The summed E-state index contributed by atoms with van der Waals surface area (Å²) in [6, 6.07) is 27.9. The summed E-state index contributed by atoms with van der Waals surface area (Å²) in [5.74, 6) is 0. The molecule has 0 radical (unpaired) electrons. The Hall–Kier alpha value is -1.83. The summed E-state index contributed by atoms with van der Waals surface area (Å²) in [5, 5.41) is 5.60. The molecule has 2 aliphatic carbocycles. The maximum atomic E-state index is 2.59. The molecule has 3 heteroatoms. The van der Waals surface area contributed by atoms with Crippen LogP contribution in [-0.4, -0.2) is 0 Å². The number of allylic oxidation sites excluding steroid dienone is 2. The molecule has 2 atom stereocenters. The molecular formula is C30H22Cl2Ti. The van der Waals surface area contributed by atoms with Gasteiger partial charge in [0, 0.05) is 0 Å². The largest absolute Gasteiger partial charge is 1.00 e. The third-order valence-corrected chi connectivity index (χ3v) is 12.4. The van der Waals surface area contributed by atoms with Crippen LogP contribution in [0, 0.1) is 0 Å². The normalized spacial score (nSPS) is 25.2. The fraction of sp³-hybridized carbons (Fsp3) is 0.200. The van der Waals surface area contributed by atoms with Crippen LogP contribution in [0.2, 0.25) is 0 Å². The number of halogens is 2. The van der Waals surface area contributed by atoms with E-state index < -0.39 is 0 Å². The minimum absolute atomic E-state index is 0. The van der Waals surface area contributed by atoms with Crippen molar-refractivity contribution < 1.29 is 44.0 Å². The first-order chi connectivity index (χ1) is 15.3. The second kappa shape index (κ2) is 7.33. The van der Waals surface area contributed by atoms with Gasteiger partial charge in [-0.1, -0.05) is 0 Å². The minimum Gasteiger partial charge on any atom is -1.00 e. The van der Waals surface area contributed by atoms with Gasteiger partial charge in [-0.2, -0.15) is 0 Å². The Bertz CT molecular complexity index is 1420. The van der Waals surface area contributed by atoms with Crippen LogP contribution in [0.15, 0.2) is 83.9 Å². The quantitative estimate of drug-likeness (QED) is 0.321. The van der Waals surface area contributed by atoms with E-state index in [0.717, 1.165) is 0 Å². The zero-order chi connectivity index (χ0) is 20.2. The van der Waals surface area contributed by atoms with Gasteiger partial charge in [0.05, 0.1) is 0 Å². The Morgan fingerprint density at radius 2 is 0.939 bits per heavy atom. The monoisotopic (exact) mass is 500 g/mol. The van der Waals surface area contributed by atoms with Crippen molar-refractivity contribution >= 4 is 33.7 Å². The zero-order valence-corrected chi connectivity index (χ0v) is 21.2. The molecule has 4 aliphatic rings. The molecule has 0 aromatic heterocycles. The second-order valence-corrected chi connectivity index (χ2v) is 12.9. The molecule has 2 unspecified atom stereocenters. The Balaban J connectivity index is 0.00000103. The number of hydrogen-bond acceptors (Lipinski definition) is 0. The Kier molecular flexibility index (Phi) is 4.82. The van der Waals surface area contributed by atoms with Crippen molar-refractivity contribution in [3.05, 3.63) is 106 Å². The summed E-state index contributed by atoms with van der Waals surface area (Å²) < 4.78 is 0.727. The Labute approximate surface area is 215 Å². The molecule has 0 N–H and O–H groups in total. The average Bonchev–Trinajstić information content (AvgIpc) is 3.27. The van der Waals surface area contributed by atoms with Crippen molar-refractivity contribution in [2.45, 2.75) is 33.1 Å². The second-order valence-electron chi connectivity index (χ2n) is 9.85. The summed E-state index contributed by atoms with van der Waals surface area (Å²) in [4.78, 5) is 0. The molecule has 0 amide bonds. The van der Waals surface area contributed by atoms with Gasteiger partial charge in [0.2, 0.25) is 0 Å². The van der Waals surface area contributed by atoms with Crippen molar-refractivity contribution in [1.29, 1.82) is 0 Å². The first-order valence-electron chi connectivity index (χ1n) is 11.5. The summed E-state index contributed by atoms with van der Waals surface area (Å²) in [6.07, 6.45) is 10.3. The van der Waals surface area contributed by atoms with Crippen LogP contribution in [0.1, 0.15) is 47.9 Å². The van der Waals surface area contributed by atoms with E-state index in [9.17, 15) is 0 Å². The van der Waals surface area contributed by atoms with Crippen LogP contribution in [0.3, 0.4) is 0 Å². The van der Waals surface area contributed by atoms with Gasteiger partial charge in [-0.15, -0.1) is 0 Å². The van der Waals surface area contributed by atoms with Crippen LogP contribution in [0.5, 0.6) is 0 Å². The van der Waals surface area contributed by atoms with E-state index in [4.69, 9.17) is 0 Å². The smallest absolute Gasteiger partial charge is 1.00 e. The summed E-state index contributed by atoms with van der Waals surface area (Å²) >= 11 is -0.267. The molecule has 0 nitrogen and oxygen atoms in total. The van der Waals surface area contributed by atoms with Gasteiger partial charge in [-0.3, -0.25) is 0 Å². The van der Waals surface area contributed by atoms with Gasteiger partial charge >= 0.3 is 192 Å². The molecule has 2 heterocycles. The molecule has 2 bridgehead atoms. The minimum atomic E-state index is -0.267.